The Morgan fingerprint density at radius 3 is 2.63 bits per heavy atom. The van der Waals surface area contributed by atoms with E-state index < -0.39 is 11.9 Å². The van der Waals surface area contributed by atoms with Crippen molar-refractivity contribution in [2.45, 2.75) is 13.0 Å². The van der Waals surface area contributed by atoms with Crippen molar-refractivity contribution in [3.8, 4) is 5.75 Å². The largest absolute Gasteiger partial charge is 0.486 e. The lowest BCUT2D eigenvalue weighted by atomic mass is 10.3. The van der Waals surface area contributed by atoms with Crippen LogP contribution in [0.1, 0.15) is 21.2 Å². The highest BCUT2D eigenvalue weighted by atomic mass is 32.1. The Hall–Kier alpha value is -3.26. The number of benzene rings is 1. The Balaban J connectivity index is 1.37. The van der Waals surface area contributed by atoms with Crippen LogP contribution in [0, 0.1) is 0 Å². The predicted molar refractivity (Wildman–Crippen MR) is 102 cm³/mol. The van der Waals surface area contributed by atoms with Gasteiger partial charge in [0, 0.05) is 11.4 Å². The monoisotopic (exact) mass is 385 g/mol. The molecular weight excluding hydrogens is 366 g/mol. The molecule has 0 bridgehead atoms. The molecule has 0 aliphatic carbocycles. The molecule has 8 heteroatoms. The molecule has 3 N–H and O–H groups in total. The molecule has 1 aromatic carbocycles. The third-order valence-corrected chi connectivity index (χ3v) is 4.47. The number of rotatable bonds is 7. The molecule has 2 heterocycles. The van der Waals surface area contributed by atoms with E-state index in [1.54, 1.807) is 17.4 Å². The van der Waals surface area contributed by atoms with Gasteiger partial charge in [-0.25, -0.2) is 10.2 Å². The zero-order valence-corrected chi connectivity index (χ0v) is 15.3. The lowest BCUT2D eigenvalue weighted by Gasteiger charge is -2.07. The fourth-order valence-electron chi connectivity index (χ4n) is 2.22. The van der Waals surface area contributed by atoms with Crippen molar-refractivity contribution in [1.82, 2.24) is 16.2 Å². The molecule has 2 aromatic heterocycles. The van der Waals surface area contributed by atoms with E-state index in [2.05, 4.69) is 16.2 Å². The van der Waals surface area contributed by atoms with E-state index >= 15 is 0 Å². The van der Waals surface area contributed by atoms with Crippen LogP contribution in [0.25, 0.3) is 0 Å². The zero-order chi connectivity index (χ0) is 18.9. The normalized spacial score (nSPS) is 10.2. The first-order valence-electron chi connectivity index (χ1n) is 8.34. The van der Waals surface area contributed by atoms with Gasteiger partial charge in [0.05, 0.1) is 0 Å². The Bertz CT molecular complexity index is 862. The van der Waals surface area contributed by atoms with Crippen molar-refractivity contribution in [3.63, 3.8) is 0 Å². The first-order chi connectivity index (χ1) is 13.2. The van der Waals surface area contributed by atoms with E-state index in [1.165, 1.54) is 10.9 Å². The van der Waals surface area contributed by atoms with Gasteiger partial charge in [0.15, 0.2) is 5.76 Å². The molecule has 0 aliphatic rings. The fraction of sp³-hybridized carbons (Fsp3) is 0.158. The van der Waals surface area contributed by atoms with Gasteiger partial charge >= 0.3 is 11.9 Å². The van der Waals surface area contributed by atoms with Gasteiger partial charge in [-0.05, 0) is 42.1 Å². The number of hydrogen-bond donors (Lipinski definition) is 3. The summed E-state index contributed by atoms with van der Waals surface area (Å²) in [5.74, 6) is 0.750. The summed E-state index contributed by atoms with van der Waals surface area (Å²) in [6.07, 6.45) is 0.738. The molecule has 3 rings (SSSR count). The second kappa shape index (κ2) is 9.44. The van der Waals surface area contributed by atoms with Crippen LogP contribution in [-0.2, 0) is 13.0 Å². The molecule has 0 atom stereocenters. The van der Waals surface area contributed by atoms with Crippen molar-refractivity contribution < 1.29 is 18.7 Å². The van der Waals surface area contributed by atoms with Gasteiger partial charge in [-0.3, -0.25) is 10.2 Å². The number of hydrazine groups is 1. The van der Waals surface area contributed by atoms with E-state index in [0.29, 0.717) is 18.1 Å². The zero-order valence-electron chi connectivity index (χ0n) is 14.4. The van der Waals surface area contributed by atoms with E-state index in [4.69, 9.17) is 9.15 Å². The minimum absolute atomic E-state index is 0.0838. The van der Waals surface area contributed by atoms with Crippen LogP contribution in [0.4, 0.5) is 4.79 Å². The molecule has 3 amide bonds. The summed E-state index contributed by atoms with van der Waals surface area (Å²) in [6, 6.07) is 15.9. The molecule has 140 valence electrons. The average Bonchev–Trinajstić information content (AvgIpc) is 3.37. The standard InChI is InChI=1S/C19H19N3O4S/c23-18(21-22-19(24)20-11-10-16-7-4-12-27-16)17-9-8-15(26-17)13-25-14-5-2-1-3-6-14/h1-9,12H,10-11,13H2,(H,21,23)(H2,20,22,24). The van der Waals surface area contributed by atoms with Gasteiger partial charge < -0.3 is 14.5 Å². The van der Waals surface area contributed by atoms with Crippen molar-refractivity contribution >= 4 is 23.3 Å². The number of ether oxygens (including phenoxy) is 1. The Morgan fingerprint density at radius 2 is 1.85 bits per heavy atom. The number of carbonyl (C=O) groups excluding carboxylic acids is 2. The molecule has 3 aromatic rings. The molecule has 27 heavy (non-hydrogen) atoms. The highest BCUT2D eigenvalue weighted by Gasteiger charge is 2.12. The van der Waals surface area contributed by atoms with Crippen LogP contribution < -0.4 is 20.9 Å². The molecule has 0 saturated heterocycles. The van der Waals surface area contributed by atoms with Crippen molar-refractivity contribution in [1.29, 1.82) is 0 Å². The van der Waals surface area contributed by atoms with Gasteiger partial charge in [-0.1, -0.05) is 24.3 Å². The van der Waals surface area contributed by atoms with Crippen LogP contribution in [0.15, 0.2) is 64.4 Å². The lowest BCUT2D eigenvalue weighted by Crippen LogP contribution is -2.47. The maximum atomic E-state index is 12.0. The Labute approximate surface area is 160 Å². The lowest BCUT2D eigenvalue weighted by molar-refractivity contribution is 0.0904. The summed E-state index contributed by atoms with van der Waals surface area (Å²) >= 11 is 1.63. The highest BCUT2D eigenvalue weighted by molar-refractivity contribution is 7.09. The van der Waals surface area contributed by atoms with Crippen LogP contribution in [0.5, 0.6) is 5.75 Å². The molecule has 0 fully saturated rings. The van der Waals surface area contributed by atoms with Gasteiger partial charge in [0.25, 0.3) is 0 Å². The smallest absolute Gasteiger partial charge is 0.333 e. The number of thiophene rings is 1. The van der Waals surface area contributed by atoms with Crippen molar-refractivity contribution in [3.05, 3.63) is 76.4 Å². The van der Waals surface area contributed by atoms with E-state index in [1.807, 2.05) is 47.8 Å². The summed E-state index contributed by atoms with van der Waals surface area (Å²) in [5, 5.41) is 4.65. The minimum atomic E-state index is -0.547. The number of hydrogen-bond acceptors (Lipinski definition) is 5. The number of nitrogens with one attached hydrogen (secondary N) is 3. The number of urea groups is 1. The van der Waals surface area contributed by atoms with Gasteiger partial charge in [-0.15, -0.1) is 11.3 Å². The summed E-state index contributed by atoms with van der Waals surface area (Å²) in [4.78, 5) is 24.9. The molecule has 0 spiro atoms. The Morgan fingerprint density at radius 1 is 1.00 bits per heavy atom. The van der Waals surface area contributed by atoms with E-state index in [-0.39, 0.29) is 12.4 Å². The number of amides is 3. The third-order valence-electron chi connectivity index (χ3n) is 3.54. The Kier molecular flexibility index (Phi) is 6.48. The molecule has 0 unspecified atom stereocenters. The second-order valence-corrected chi connectivity index (χ2v) is 6.56. The summed E-state index contributed by atoms with van der Waals surface area (Å²) in [5.41, 5.74) is 4.59. The molecule has 0 saturated carbocycles. The average molecular weight is 385 g/mol. The minimum Gasteiger partial charge on any atom is -0.486 e. The second-order valence-electron chi connectivity index (χ2n) is 5.53. The highest BCUT2D eigenvalue weighted by Crippen LogP contribution is 2.13. The van der Waals surface area contributed by atoms with Crippen LogP contribution in [0.2, 0.25) is 0 Å². The van der Waals surface area contributed by atoms with Crippen molar-refractivity contribution in [2.75, 3.05) is 6.54 Å². The SMILES string of the molecule is O=C(NCCc1cccs1)NNC(=O)c1ccc(COc2ccccc2)o1. The first-order valence-corrected chi connectivity index (χ1v) is 9.22. The third kappa shape index (κ3) is 5.89. The van der Waals surface area contributed by atoms with E-state index in [0.717, 1.165) is 6.42 Å². The fourth-order valence-corrected chi connectivity index (χ4v) is 2.93. The predicted octanol–water partition coefficient (Wildman–Crippen LogP) is 3.11. The molecule has 0 radical (unpaired) electrons. The summed E-state index contributed by atoms with van der Waals surface area (Å²) < 4.78 is 11.0. The van der Waals surface area contributed by atoms with E-state index in [9.17, 15) is 9.59 Å². The molecule has 0 aliphatic heterocycles. The van der Waals surface area contributed by atoms with Crippen LogP contribution >= 0.6 is 11.3 Å². The maximum absolute atomic E-state index is 12.0. The van der Waals surface area contributed by atoms with Gasteiger partial charge in [0.2, 0.25) is 0 Å². The van der Waals surface area contributed by atoms with Crippen molar-refractivity contribution in [2.24, 2.45) is 0 Å². The van der Waals surface area contributed by atoms with Gasteiger partial charge in [-0.2, -0.15) is 0 Å². The maximum Gasteiger partial charge on any atom is 0.333 e. The molecular formula is C19H19N3O4S. The quantitative estimate of drug-likeness (QED) is 0.545. The number of furan rings is 1. The number of para-hydroxylation sites is 1. The van der Waals surface area contributed by atoms with Crippen LogP contribution in [-0.4, -0.2) is 18.5 Å². The summed E-state index contributed by atoms with van der Waals surface area (Å²) in [6.45, 7) is 0.678. The van der Waals surface area contributed by atoms with Gasteiger partial charge in [0.1, 0.15) is 18.1 Å². The first kappa shape index (κ1) is 18.5. The molecule has 7 nitrogen and oxygen atoms in total. The van der Waals surface area contributed by atoms with Crippen LogP contribution in [0.3, 0.4) is 0 Å². The topological polar surface area (TPSA) is 92.6 Å². The summed E-state index contributed by atoms with van der Waals surface area (Å²) in [7, 11) is 0. The number of carbonyl (C=O) groups is 2.